The SMILES string of the molecule is Cc1ccc(C)c(C(C)CCBr)c1. The molecule has 0 saturated heterocycles. The van der Waals surface area contributed by atoms with Crippen LogP contribution in [-0.4, -0.2) is 5.33 Å². The van der Waals surface area contributed by atoms with Crippen molar-refractivity contribution in [3.05, 3.63) is 34.9 Å². The average molecular weight is 241 g/mol. The molecule has 0 bridgehead atoms. The highest BCUT2D eigenvalue weighted by Gasteiger charge is 2.07. The fourth-order valence-corrected chi connectivity index (χ4v) is 2.30. The molecule has 72 valence electrons. The highest BCUT2D eigenvalue weighted by Crippen LogP contribution is 2.24. The molecule has 0 amide bonds. The van der Waals surface area contributed by atoms with Gasteiger partial charge in [-0.25, -0.2) is 0 Å². The number of alkyl halides is 1. The van der Waals surface area contributed by atoms with Crippen LogP contribution in [0, 0.1) is 13.8 Å². The van der Waals surface area contributed by atoms with E-state index in [2.05, 4.69) is 54.9 Å². The van der Waals surface area contributed by atoms with Gasteiger partial charge in [-0.3, -0.25) is 0 Å². The second-order valence-electron chi connectivity index (χ2n) is 3.74. The molecule has 0 radical (unpaired) electrons. The van der Waals surface area contributed by atoms with Crippen LogP contribution < -0.4 is 0 Å². The lowest BCUT2D eigenvalue weighted by molar-refractivity contribution is 0.737. The van der Waals surface area contributed by atoms with Gasteiger partial charge in [0.15, 0.2) is 0 Å². The Kier molecular flexibility index (Phi) is 3.98. The highest BCUT2D eigenvalue weighted by atomic mass is 79.9. The van der Waals surface area contributed by atoms with Crippen molar-refractivity contribution < 1.29 is 0 Å². The second kappa shape index (κ2) is 4.80. The van der Waals surface area contributed by atoms with E-state index in [4.69, 9.17) is 0 Å². The van der Waals surface area contributed by atoms with Crippen molar-refractivity contribution in [3.63, 3.8) is 0 Å². The molecule has 1 aromatic rings. The molecule has 1 aromatic carbocycles. The fraction of sp³-hybridized carbons (Fsp3) is 0.500. The smallest absolute Gasteiger partial charge is 0.00370 e. The minimum Gasteiger partial charge on any atom is -0.0928 e. The van der Waals surface area contributed by atoms with Gasteiger partial charge in [0, 0.05) is 5.33 Å². The van der Waals surface area contributed by atoms with Crippen LogP contribution in [0.1, 0.15) is 36.0 Å². The third-order valence-electron chi connectivity index (χ3n) is 2.51. The Morgan fingerprint density at radius 2 is 2.00 bits per heavy atom. The first-order valence-electron chi connectivity index (χ1n) is 4.78. The predicted molar refractivity (Wildman–Crippen MR) is 62.7 cm³/mol. The van der Waals surface area contributed by atoms with Gasteiger partial charge in [0.25, 0.3) is 0 Å². The Morgan fingerprint density at radius 3 is 2.62 bits per heavy atom. The topological polar surface area (TPSA) is 0 Å². The Balaban J connectivity index is 2.91. The van der Waals surface area contributed by atoms with Crippen molar-refractivity contribution in [2.45, 2.75) is 33.1 Å². The van der Waals surface area contributed by atoms with Gasteiger partial charge in [-0.1, -0.05) is 46.6 Å². The van der Waals surface area contributed by atoms with E-state index >= 15 is 0 Å². The van der Waals surface area contributed by atoms with E-state index in [0.29, 0.717) is 5.92 Å². The van der Waals surface area contributed by atoms with Crippen LogP contribution in [0.4, 0.5) is 0 Å². The Labute approximate surface area is 89.5 Å². The summed E-state index contributed by atoms with van der Waals surface area (Å²) in [7, 11) is 0. The summed E-state index contributed by atoms with van der Waals surface area (Å²) in [6.07, 6.45) is 1.21. The van der Waals surface area contributed by atoms with Crippen LogP contribution in [0.5, 0.6) is 0 Å². The number of benzene rings is 1. The van der Waals surface area contributed by atoms with Crippen molar-refractivity contribution in [1.29, 1.82) is 0 Å². The first kappa shape index (κ1) is 10.8. The van der Waals surface area contributed by atoms with Crippen LogP contribution in [-0.2, 0) is 0 Å². The zero-order valence-electron chi connectivity index (χ0n) is 8.60. The number of rotatable bonds is 3. The largest absolute Gasteiger partial charge is 0.0928 e. The second-order valence-corrected chi connectivity index (χ2v) is 4.53. The van der Waals surface area contributed by atoms with Gasteiger partial charge >= 0.3 is 0 Å². The van der Waals surface area contributed by atoms with Crippen molar-refractivity contribution >= 4 is 15.9 Å². The first-order valence-corrected chi connectivity index (χ1v) is 5.90. The van der Waals surface area contributed by atoms with Crippen molar-refractivity contribution in [2.24, 2.45) is 0 Å². The van der Waals surface area contributed by atoms with Crippen LogP contribution in [0.15, 0.2) is 18.2 Å². The third kappa shape index (κ3) is 2.84. The zero-order chi connectivity index (χ0) is 9.84. The fourth-order valence-electron chi connectivity index (χ4n) is 1.61. The molecule has 0 aliphatic rings. The van der Waals surface area contributed by atoms with Gasteiger partial charge in [-0.05, 0) is 37.3 Å². The van der Waals surface area contributed by atoms with Crippen LogP contribution >= 0.6 is 15.9 Å². The molecule has 1 unspecified atom stereocenters. The molecule has 1 heteroatoms. The van der Waals surface area contributed by atoms with Crippen molar-refractivity contribution in [2.75, 3.05) is 5.33 Å². The van der Waals surface area contributed by atoms with Crippen molar-refractivity contribution in [3.8, 4) is 0 Å². The normalized spacial score (nSPS) is 12.9. The molecule has 0 aliphatic heterocycles. The van der Waals surface area contributed by atoms with Gasteiger partial charge in [0.2, 0.25) is 0 Å². The number of hydrogen-bond donors (Lipinski definition) is 0. The first-order chi connectivity index (χ1) is 6.15. The number of halogens is 1. The molecule has 0 nitrogen and oxygen atoms in total. The minimum absolute atomic E-state index is 0.666. The lowest BCUT2D eigenvalue weighted by atomic mass is 9.93. The quantitative estimate of drug-likeness (QED) is 0.696. The van der Waals surface area contributed by atoms with Gasteiger partial charge < -0.3 is 0 Å². The summed E-state index contributed by atoms with van der Waals surface area (Å²) in [6, 6.07) is 6.71. The maximum Gasteiger partial charge on any atom is 0.00370 e. The van der Waals surface area contributed by atoms with Crippen LogP contribution in [0.25, 0.3) is 0 Å². The van der Waals surface area contributed by atoms with E-state index in [-0.39, 0.29) is 0 Å². The maximum absolute atomic E-state index is 3.49. The molecule has 0 saturated carbocycles. The van der Waals surface area contributed by atoms with Crippen LogP contribution in [0.3, 0.4) is 0 Å². The monoisotopic (exact) mass is 240 g/mol. The Hall–Kier alpha value is -0.300. The van der Waals surface area contributed by atoms with E-state index in [1.807, 2.05) is 0 Å². The zero-order valence-corrected chi connectivity index (χ0v) is 10.2. The molecule has 0 aromatic heterocycles. The highest BCUT2D eigenvalue weighted by molar-refractivity contribution is 9.09. The molecule has 0 fully saturated rings. The summed E-state index contributed by atoms with van der Waals surface area (Å²) in [5.74, 6) is 0.666. The van der Waals surface area contributed by atoms with E-state index in [0.717, 1.165) is 5.33 Å². The summed E-state index contributed by atoms with van der Waals surface area (Å²) in [4.78, 5) is 0. The molecule has 0 heterocycles. The molecule has 0 aliphatic carbocycles. The lowest BCUT2D eigenvalue weighted by Crippen LogP contribution is -1.97. The summed E-state index contributed by atoms with van der Waals surface area (Å²) < 4.78 is 0. The van der Waals surface area contributed by atoms with Crippen LogP contribution in [0.2, 0.25) is 0 Å². The average Bonchev–Trinajstić information content (AvgIpc) is 2.09. The standard InChI is InChI=1S/C12H17Br/c1-9-4-5-10(2)12(8-9)11(3)6-7-13/h4-5,8,11H,6-7H2,1-3H3. The summed E-state index contributed by atoms with van der Waals surface area (Å²) in [5, 5.41) is 1.08. The molecule has 0 spiro atoms. The molecule has 1 rings (SSSR count). The molecule has 1 atom stereocenters. The molecule has 13 heavy (non-hydrogen) atoms. The molecular weight excluding hydrogens is 224 g/mol. The summed E-state index contributed by atoms with van der Waals surface area (Å²) >= 11 is 3.49. The van der Waals surface area contributed by atoms with Gasteiger partial charge in [0.05, 0.1) is 0 Å². The van der Waals surface area contributed by atoms with E-state index in [9.17, 15) is 0 Å². The third-order valence-corrected chi connectivity index (χ3v) is 2.97. The summed E-state index contributed by atoms with van der Waals surface area (Å²) in [6.45, 7) is 6.65. The predicted octanol–water partition coefficient (Wildman–Crippen LogP) is 4.19. The van der Waals surface area contributed by atoms with Gasteiger partial charge in [-0.2, -0.15) is 0 Å². The molecule has 0 N–H and O–H groups in total. The minimum atomic E-state index is 0.666. The number of hydrogen-bond acceptors (Lipinski definition) is 0. The van der Waals surface area contributed by atoms with E-state index in [1.165, 1.54) is 23.1 Å². The summed E-state index contributed by atoms with van der Waals surface area (Å²) in [5.41, 5.74) is 4.28. The lowest BCUT2D eigenvalue weighted by Gasteiger charge is -2.13. The van der Waals surface area contributed by atoms with Gasteiger partial charge in [0.1, 0.15) is 0 Å². The number of aryl methyl sites for hydroxylation is 2. The van der Waals surface area contributed by atoms with E-state index < -0.39 is 0 Å². The van der Waals surface area contributed by atoms with E-state index in [1.54, 1.807) is 0 Å². The molecular formula is C12H17Br. The van der Waals surface area contributed by atoms with Crippen molar-refractivity contribution in [1.82, 2.24) is 0 Å². The Morgan fingerprint density at radius 1 is 1.31 bits per heavy atom. The van der Waals surface area contributed by atoms with Gasteiger partial charge in [-0.15, -0.1) is 0 Å². The Bertz CT molecular complexity index is 278. The maximum atomic E-state index is 3.49.